The fraction of sp³-hybridized carbons (Fsp3) is 0.381. The molecule has 0 atom stereocenters. The molecule has 1 amide bonds. The summed E-state index contributed by atoms with van der Waals surface area (Å²) >= 11 is 1.72. The molecular formula is C21H27N2O2S+. The number of nitrogens with one attached hydrogen (secondary N) is 2. The van der Waals surface area contributed by atoms with E-state index in [2.05, 4.69) is 35.6 Å². The maximum Gasteiger partial charge on any atom is 0.221 e. The molecule has 1 fully saturated rings. The van der Waals surface area contributed by atoms with Gasteiger partial charge in [0.25, 0.3) is 0 Å². The number of quaternary nitrogens is 1. The molecule has 5 heteroatoms. The van der Waals surface area contributed by atoms with Crippen molar-refractivity contribution in [1.29, 1.82) is 0 Å². The van der Waals surface area contributed by atoms with Crippen LogP contribution in [0.15, 0.2) is 59.5 Å². The van der Waals surface area contributed by atoms with Crippen molar-refractivity contribution in [2.45, 2.75) is 24.4 Å². The van der Waals surface area contributed by atoms with Gasteiger partial charge in [-0.2, -0.15) is 0 Å². The molecule has 3 rings (SSSR count). The SMILES string of the molecule is O=C(CCSc1ccccc1)NCc1ccccc1C[NH+]1CCOCC1. The summed E-state index contributed by atoms with van der Waals surface area (Å²) in [5, 5.41) is 3.08. The van der Waals surface area contributed by atoms with Crippen LogP contribution < -0.4 is 10.2 Å². The lowest BCUT2D eigenvalue weighted by molar-refractivity contribution is -0.921. The first kappa shape index (κ1) is 19.0. The predicted molar refractivity (Wildman–Crippen MR) is 105 cm³/mol. The van der Waals surface area contributed by atoms with Gasteiger partial charge in [-0.1, -0.05) is 42.5 Å². The molecule has 2 N–H and O–H groups in total. The molecule has 1 aliphatic rings. The largest absolute Gasteiger partial charge is 0.370 e. The summed E-state index contributed by atoms with van der Waals surface area (Å²) in [7, 11) is 0. The van der Waals surface area contributed by atoms with Crippen LogP contribution in [0.5, 0.6) is 0 Å². The minimum absolute atomic E-state index is 0.113. The van der Waals surface area contributed by atoms with E-state index in [0.717, 1.165) is 38.6 Å². The average Bonchev–Trinajstić information content (AvgIpc) is 2.69. The first-order valence-electron chi connectivity index (χ1n) is 9.24. The van der Waals surface area contributed by atoms with E-state index in [4.69, 9.17) is 4.74 Å². The number of hydrogen-bond acceptors (Lipinski definition) is 3. The molecule has 4 nitrogen and oxygen atoms in total. The quantitative estimate of drug-likeness (QED) is 0.697. The summed E-state index contributed by atoms with van der Waals surface area (Å²) in [4.78, 5) is 14.9. The fourth-order valence-corrected chi connectivity index (χ4v) is 3.94. The molecule has 138 valence electrons. The first-order valence-corrected chi connectivity index (χ1v) is 10.2. The van der Waals surface area contributed by atoms with Crippen LogP contribution in [0, 0.1) is 0 Å². The number of thioether (sulfide) groups is 1. The summed E-state index contributed by atoms with van der Waals surface area (Å²) in [6.45, 7) is 5.39. The minimum Gasteiger partial charge on any atom is -0.370 e. The van der Waals surface area contributed by atoms with Crippen LogP contribution in [0.1, 0.15) is 17.5 Å². The van der Waals surface area contributed by atoms with E-state index in [1.54, 1.807) is 16.7 Å². The first-order chi connectivity index (χ1) is 12.8. The van der Waals surface area contributed by atoms with E-state index in [1.165, 1.54) is 16.0 Å². The Kier molecular flexibility index (Phi) is 7.55. The van der Waals surface area contributed by atoms with Crippen LogP contribution in [-0.4, -0.2) is 38.0 Å². The van der Waals surface area contributed by atoms with Crippen molar-refractivity contribution in [1.82, 2.24) is 5.32 Å². The smallest absolute Gasteiger partial charge is 0.221 e. The van der Waals surface area contributed by atoms with Crippen molar-refractivity contribution in [3.05, 3.63) is 65.7 Å². The Balaban J connectivity index is 1.44. The molecule has 2 aromatic rings. The lowest BCUT2D eigenvalue weighted by Crippen LogP contribution is -3.12. The third-order valence-electron chi connectivity index (χ3n) is 4.58. The zero-order valence-electron chi connectivity index (χ0n) is 15.1. The normalized spacial score (nSPS) is 14.9. The van der Waals surface area contributed by atoms with E-state index >= 15 is 0 Å². The van der Waals surface area contributed by atoms with E-state index in [-0.39, 0.29) is 5.91 Å². The van der Waals surface area contributed by atoms with Gasteiger partial charge < -0.3 is 15.0 Å². The second-order valence-corrected chi connectivity index (χ2v) is 7.66. The molecule has 26 heavy (non-hydrogen) atoms. The highest BCUT2D eigenvalue weighted by Gasteiger charge is 2.16. The van der Waals surface area contributed by atoms with E-state index < -0.39 is 0 Å². The summed E-state index contributed by atoms with van der Waals surface area (Å²) < 4.78 is 5.44. The zero-order chi connectivity index (χ0) is 18.0. The van der Waals surface area contributed by atoms with Gasteiger partial charge in [-0.05, 0) is 17.7 Å². The van der Waals surface area contributed by atoms with Gasteiger partial charge in [0, 0.05) is 29.2 Å². The predicted octanol–water partition coefficient (Wildman–Crippen LogP) is 1.90. The Hall–Kier alpha value is -1.82. The highest BCUT2D eigenvalue weighted by atomic mass is 32.2. The number of morpholine rings is 1. The number of amides is 1. The van der Waals surface area contributed by atoms with Gasteiger partial charge in [-0.15, -0.1) is 11.8 Å². The maximum atomic E-state index is 12.2. The van der Waals surface area contributed by atoms with Crippen molar-refractivity contribution < 1.29 is 14.4 Å². The van der Waals surface area contributed by atoms with Crippen LogP contribution >= 0.6 is 11.8 Å². The molecule has 0 saturated carbocycles. The summed E-state index contributed by atoms with van der Waals surface area (Å²) in [6, 6.07) is 18.6. The number of benzene rings is 2. The van der Waals surface area contributed by atoms with E-state index in [9.17, 15) is 4.79 Å². The van der Waals surface area contributed by atoms with E-state index in [0.29, 0.717) is 13.0 Å². The topological polar surface area (TPSA) is 42.8 Å². The van der Waals surface area contributed by atoms with Gasteiger partial charge in [0.15, 0.2) is 0 Å². The van der Waals surface area contributed by atoms with Crippen molar-refractivity contribution >= 4 is 17.7 Å². The average molecular weight is 372 g/mol. The second-order valence-electron chi connectivity index (χ2n) is 6.50. The van der Waals surface area contributed by atoms with Gasteiger partial charge in [0.1, 0.15) is 19.6 Å². The van der Waals surface area contributed by atoms with Crippen LogP contribution in [0.3, 0.4) is 0 Å². The molecular weight excluding hydrogens is 344 g/mol. The Morgan fingerprint density at radius 1 is 1.00 bits per heavy atom. The van der Waals surface area contributed by atoms with Gasteiger partial charge in [-0.3, -0.25) is 4.79 Å². The van der Waals surface area contributed by atoms with Gasteiger partial charge in [-0.25, -0.2) is 0 Å². The third-order valence-corrected chi connectivity index (χ3v) is 5.59. The molecule has 1 aliphatic heterocycles. The lowest BCUT2D eigenvalue weighted by Gasteiger charge is -2.24. The van der Waals surface area contributed by atoms with Gasteiger partial charge >= 0.3 is 0 Å². The standard InChI is InChI=1S/C21H26N2O2S/c24-21(10-15-26-20-8-2-1-3-9-20)22-16-18-6-4-5-7-19(18)17-23-11-13-25-14-12-23/h1-9H,10-17H2,(H,22,24)/p+1. The Labute approximate surface area is 159 Å². The Morgan fingerprint density at radius 2 is 1.69 bits per heavy atom. The highest BCUT2D eigenvalue weighted by Crippen LogP contribution is 2.17. The van der Waals surface area contributed by atoms with Crippen LogP contribution in [0.25, 0.3) is 0 Å². The number of carbonyl (C=O) groups is 1. The summed E-state index contributed by atoms with van der Waals surface area (Å²) in [5.41, 5.74) is 2.54. The van der Waals surface area contributed by atoms with Gasteiger partial charge in [0.05, 0.1) is 13.2 Å². The Bertz CT molecular complexity index is 687. The van der Waals surface area contributed by atoms with Crippen molar-refractivity contribution in [2.75, 3.05) is 32.1 Å². The van der Waals surface area contributed by atoms with Crippen molar-refractivity contribution in [3.63, 3.8) is 0 Å². The monoisotopic (exact) mass is 371 g/mol. The molecule has 0 aromatic heterocycles. The molecule has 0 bridgehead atoms. The summed E-state index contributed by atoms with van der Waals surface area (Å²) in [5.74, 6) is 0.914. The number of carbonyl (C=O) groups excluding carboxylic acids is 1. The van der Waals surface area contributed by atoms with Crippen molar-refractivity contribution in [3.8, 4) is 0 Å². The third kappa shape index (κ3) is 6.16. The van der Waals surface area contributed by atoms with Crippen molar-refractivity contribution in [2.24, 2.45) is 0 Å². The lowest BCUT2D eigenvalue weighted by atomic mass is 10.1. The summed E-state index contributed by atoms with van der Waals surface area (Å²) in [6.07, 6.45) is 0.538. The molecule has 0 radical (unpaired) electrons. The molecule has 0 aliphatic carbocycles. The fourth-order valence-electron chi connectivity index (χ4n) is 3.07. The second kappa shape index (κ2) is 10.4. The molecule has 2 aromatic carbocycles. The highest BCUT2D eigenvalue weighted by molar-refractivity contribution is 7.99. The van der Waals surface area contributed by atoms with Crippen LogP contribution in [0.4, 0.5) is 0 Å². The van der Waals surface area contributed by atoms with Crippen LogP contribution in [-0.2, 0) is 22.6 Å². The number of ether oxygens (including phenoxy) is 1. The maximum absolute atomic E-state index is 12.2. The van der Waals surface area contributed by atoms with E-state index in [1.807, 2.05) is 24.3 Å². The van der Waals surface area contributed by atoms with Crippen LogP contribution in [0.2, 0.25) is 0 Å². The molecule has 0 unspecified atom stereocenters. The Morgan fingerprint density at radius 3 is 2.46 bits per heavy atom. The minimum atomic E-state index is 0.113. The molecule has 1 saturated heterocycles. The number of rotatable bonds is 8. The molecule has 1 heterocycles. The zero-order valence-corrected chi connectivity index (χ0v) is 15.9. The molecule has 0 spiro atoms. The van der Waals surface area contributed by atoms with Gasteiger partial charge in [0.2, 0.25) is 5.91 Å². The number of hydrogen-bond donors (Lipinski definition) is 2.